The average Bonchev–Trinajstić information content (AvgIpc) is 2.55. The van der Waals surface area contributed by atoms with Crippen molar-refractivity contribution in [1.29, 1.82) is 0 Å². The zero-order chi connectivity index (χ0) is 16.7. The van der Waals surface area contributed by atoms with Crippen LogP contribution in [0.2, 0.25) is 0 Å². The van der Waals surface area contributed by atoms with E-state index in [9.17, 15) is 14.0 Å². The Morgan fingerprint density at radius 3 is 2.52 bits per heavy atom. The predicted octanol–water partition coefficient (Wildman–Crippen LogP) is 2.99. The molecular weight excluding hydrogens is 365 g/mol. The number of hydrogen-bond donors (Lipinski definition) is 1. The van der Waals surface area contributed by atoms with E-state index in [-0.39, 0.29) is 25.5 Å². The van der Waals surface area contributed by atoms with Crippen molar-refractivity contribution in [1.82, 2.24) is 5.32 Å². The molecule has 0 heterocycles. The van der Waals surface area contributed by atoms with Crippen LogP contribution in [0.4, 0.5) is 4.39 Å². The first kappa shape index (κ1) is 17.1. The maximum absolute atomic E-state index is 13.1. The minimum atomic E-state index is -0.512. The Hall–Kier alpha value is -2.21. The van der Waals surface area contributed by atoms with Crippen LogP contribution in [-0.4, -0.2) is 18.4 Å². The number of halogens is 2. The maximum Gasteiger partial charge on any atom is 0.325 e. The van der Waals surface area contributed by atoms with Gasteiger partial charge in [-0.05, 0) is 39.2 Å². The molecule has 0 radical (unpaired) electrons. The van der Waals surface area contributed by atoms with Gasteiger partial charge < -0.3 is 10.1 Å². The maximum atomic E-state index is 13.1. The van der Waals surface area contributed by atoms with Gasteiger partial charge in [0.15, 0.2) is 0 Å². The monoisotopic (exact) mass is 379 g/mol. The van der Waals surface area contributed by atoms with E-state index in [0.717, 1.165) is 5.56 Å². The van der Waals surface area contributed by atoms with E-state index in [1.54, 1.807) is 0 Å². The second-order valence-electron chi connectivity index (χ2n) is 4.85. The summed E-state index contributed by atoms with van der Waals surface area (Å²) in [7, 11) is 0. The topological polar surface area (TPSA) is 55.4 Å². The number of nitrogens with one attached hydrogen (secondary N) is 1. The number of carbonyl (C=O) groups excluding carboxylic acids is 2. The lowest BCUT2D eigenvalue weighted by Crippen LogP contribution is -2.31. The number of hydrogen-bond acceptors (Lipinski definition) is 3. The van der Waals surface area contributed by atoms with Gasteiger partial charge in [-0.3, -0.25) is 9.59 Å². The van der Waals surface area contributed by atoms with Crippen LogP contribution in [0.5, 0.6) is 0 Å². The molecule has 0 bridgehead atoms. The van der Waals surface area contributed by atoms with Crippen LogP contribution in [0.3, 0.4) is 0 Å². The van der Waals surface area contributed by atoms with Gasteiger partial charge in [0.25, 0.3) is 0 Å². The molecule has 0 saturated carbocycles. The predicted molar refractivity (Wildman–Crippen MR) is 87.1 cm³/mol. The fourth-order valence-electron chi connectivity index (χ4n) is 1.86. The Bertz CT molecular complexity index is 691. The summed E-state index contributed by atoms with van der Waals surface area (Å²) < 4.78 is 18.5. The van der Waals surface area contributed by atoms with Crippen LogP contribution in [-0.2, 0) is 27.4 Å². The van der Waals surface area contributed by atoms with Crippen molar-refractivity contribution in [3.63, 3.8) is 0 Å². The molecule has 1 amide bonds. The second-order valence-corrected chi connectivity index (χ2v) is 5.70. The SMILES string of the molecule is O=C(Cc1ccc(F)c(Br)c1)NCC(=O)OCc1ccccc1. The number of ether oxygens (including phenoxy) is 1. The van der Waals surface area contributed by atoms with E-state index in [4.69, 9.17) is 4.74 Å². The zero-order valence-corrected chi connectivity index (χ0v) is 13.8. The van der Waals surface area contributed by atoms with Crippen LogP contribution in [0.25, 0.3) is 0 Å². The molecule has 2 aromatic rings. The van der Waals surface area contributed by atoms with E-state index in [2.05, 4.69) is 21.2 Å². The third-order valence-corrected chi connectivity index (χ3v) is 3.63. The van der Waals surface area contributed by atoms with Gasteiger partial charge in [-0.2, -0.15) is 0 Å². The van der Waals surface area contributed by atoms with Crippen molar-refractivity contribution in [2.75, 3.05) is 6.54 Å². The summed E-state index contributed by atoms with van der Waals surface area (Å²) in [5.41, 5.74) is 1.52. The van der Waals surface area contributed by atoms with Crippen molar-refractivity contribution in [2.24, 2.45) is 0 Å². The van der Waals surface area contributed by atoms with Crippen molar-refractivity contribution in [3.8, 4) is 0 Å². The summed E-state index contributed by atoms with van der Waals surface area (Å²) in [6.07, 6.45) is 0.0604. The van der Waals surface area contributed by atoms with Gasteiger partial charge in [0.2, 0.25) is 5.91 Å². The highest BCUT2D eigenvalue weighted by Crippen LogP contribution is 2.17. The van der Waals surface area contributed by atoms with E-state index < -0.39 is 11.8 Å². The number of esters is 1. The fraction of sp³-hybridized carbons (Fsp3) is 0.176. The minimum absolute atomic E-state index is 0.0604. The first-order valence-corrected chi connectivity index (χ1v) is 7.74. The minimum Gasteiger partial charge on any atom is -0.460 e. The summed E-state index contributed by atoms with van der Waals surface area (Å²) in [5.74, 6) is -1.23. The van der Waals surface area contributed by atoms with Crippen LogP contribution in [0.1, 0.15) is 11.1 Å². The van der Waals surface area contributed by atoms with Crippen molar-refractivity contribution in [2.45, 2.75) is 13.0 Å². The molecule has 6 heteroatoms. The van der Waals surface area contributed by atoms with Crippen LogP contribution < -0.4 is 5.32 Å². The van der Waals surface area contributed by atoms with E-state index in [1.165, 1.54) is 18.2 Å². The summed E-state index contributed by atoms with van der Waals surface area (Å²) in [4.78, 5) is 23.3. The van der Waals surface area contributed by atoms with Crippen molar-refractivity contribution in [3.05, 3.63) is 69.9 Å². The lowest BCUT2D eigenvalue weighted by Gasteiger charge is -2.07. The number of rotatable bonds is 6. The van der Waals surface area contributed by atoms with E-state index in [1.807, 2.05) is 30.3 Å². The van der Waals surface area contributed by atoms with Crippen LogP contribution in [0.15, 0.2) is 53.0 Å². The van der Waals surface area contributed by atoms with Gasteiger partial charge in [0.1, 0.15) is 19.0 Å². The Morgan fingerprint density at radius 1 is 1.09 bits per heavy atom. The molecule has 23 heavy (non-hydrogen) atoms. The molecule has 2 rings (SSSR count). The zero-order valence-electron chi connectivity index (χ0n) is 12.2. The van der Waals surface area contributed by atoms with Gasteiger partial charge in [-0.1, -0.05) is 36.4 Å². The Balaban J connectivity index is 1.73. The smallest absolute Gasteiger partial charge is 0.325 e. The normalized spacial score (nSPS) is 10.2. The molecule has 0 aliphatic carbocycles. The van der Waals surface area contributed by atoms with E-state index >= 15 is 0 Å². The molecule has 0 saturated heterocycles. The first-order chi connectivity index (χ1) is 11.0. The Labute approximate surface area is 141 Å². The summed E-state index contributed by atoms with van der Waals surface area (Å²) in [6, 6.07) is 13.6. The largest absolute Gasteiger partial charge is 0.460 e. The van der Waals surface area contributed by atoms with Crippen LogP contribution in [0, 0.1) is 5.82 Å². The Morgan fingerprint density at radius 2 is 1.83 bits per heavy atom. The molecule has 0 aliphatic heterocycles. The third kappa shape index (κ3) is 5.83. The molecule has 120 valence electrons. The lowest BCUT2D eigenvalue weighted by molar-refractivity contribution is -0.145. The van der Waals surface area contributed by atoms with Gasteiger partial charge in [-0.25, -0.2) is 4.39 Å². The summed E-state index contributed by atoms with van der Waals surface area (Å²) in [5, 5.41) is 2.48. The van der Waals surface area contributed by atoms with Gasteiger partial charge in [-0.15, -0.1) is 0 Å². The molecule has 4 nitrogen and oxygen atoms in total. The number of carbonyl (C=O) groups is 2. The van der Waals surface area contributed by atoms with Crippen molar-refractivity contribution >= 4 is 27.8 Å². The molecular formula is C17H15BrFNO3. The molecule has 1 N–H and O–H groups in total. The number of amides is 1. The highest BCUT2D eigenvalue weighted by molar-refractivity contribution is 9.10. The first-order valence-electron chi connectivity index (χ1n) is 6.95. The highest BCUT2D eigenvalue weighted by Gasteiger charge is 2.09. The highest BCUT2D eigenvalue weighted by atomic mass is 79.9. The molecule has 0 atom stereocenters. The molecule has 0 fully saturated rings. The van der Waals surface area contributed by atoms with Gasteiger partial charge >= 0.3 is 5.97 Å². The Kier molecular flexibility index (Phi) is 6.29. The standard InChI is InChI=1S/C17H15BrFNO3/c18-14-8-13(6-7-15(14)19)9-16(21)20-10-17(22)23-11-12-4-2-1-3-5-12/h1-8H,9-11H2,(H,20,21). The van der Waals surface area contributed by atoms with E-state index in [0.29, 0.717) is 10.0 Å². The fourth-order valence-corrected chi connectivity index (χ4v) is 2.28. The average molecular weight is 380 g/mol. The van der Waals surface area contributed by atoms with Gasteiger partial charge in [0.05, 0.1) is 10.9 Å². The van der Waals surface area contributed by atoms with Crippen LogP contribution >= 0.6 is 15.9 Å². The quantitative estimate of drug-likeness (QED) is 0.784. The molecule has 0 aliphatic rings. The summed E-state index contributed by atoms with van der Waals surface area (Å²) in [6.45, 7) is -0.0333. The molecule has 0 unspecified atom stereocenters. The number of benzene rings is 2. The summed E-state index contributed by atoms with van der Waals surface area (Å²) >= 11 is 3.06. The second kappa shape index (κ2) is 8.43. The molecule has 2 aromatic carbocycles. The molecule has 0 aromatic heterocycles. The van der Waals surface area contributed by atoms with Gasteiger partial charge in [0, 0.05) is 0 Å². The third-order valence-electron chi connectivity index (χ3n) is 3.02. The van der Waals surface area contributed by atoms with Crippen molar-refractivity contribution < 1.29 is 18.7 Å². The molecule has 0 spiro atoms. The lowest BCUT2D eigenvalue weighted by atomic mass is 10.1.